The summed E-state index contributed by atoms with van der Waals surface area (Å²) in [4.78, 5) is 25.1. The van der Waals surface area contributed by atoms with Crippen LogP contribution in [0.4, 0.5) is 30.2 Å². The summed E-state index contributed by atoms with van der Waals surface area (Å²) in [7, 11) is 1.64. The number of anilines is 3. The highest BCUT2D eigenvalue weighted by atomic mass is 19.4. The van der Waals surface area contributed by atoms with Crippen molar-refractivity contribution in [3.8, 4) is 0 Å². The molecule has 0 aliphatic rings. The van der Waals surface area contributed by atoms with Crippen LogP contribution in [0.25, 0.3) is 0 Å². The number of amides is 2. The van der Waals surface area contributed by atoms with Gasteiger partial charge in [0.2, 0.25) is 11.8 Å². The first-order chi connectivity index (χ1) is 12.6. The van der Waals surface area contributed by atoms with E-state index < -0.39 is 23.7 Å². The smallest absolute Gasteiger partial charge is 0.374 e. The largest absolute Gasteiger partial charge is 0.418 e. The molecule has 0 saturated carbocycles. The van der Waals surface area contributed by atoms with Crippen LogP contribution in [0.1, 0.15) is 19.4 Å². The third-order valence-corrected chi connectivity index (χ3v) is 3.99. The van der Waals surface area contributed by atoms with Gasteiger partial charge in [-0.3, -0.25) is 9.59 Å². The van der Waals surface area contributed by atoms with Crippen molar-refractivity contribution in [2.24, 2.45) is 0 Å². The Balaban J connectivity index is 2.06. The minimum Gasteiger partial charge on any atom is -0.374 e. The van der Waals surface area contributed by atoms with E-state index in [1.54, 1.807) is 38.2 Å². The van der Waals surface area contributed by atoms with Crippen LogP contribution in [0.15, 0.2) is 48.5 Å². The van der Waals surface area contributed by atoms with Gasteiger partial charge in [-0.05, 0) is 43.3 Å². The van der Waals surface area contributed by atoms with Crippen LogP contribution in [0, 0.1) is 0 Å². The van der Waals surface area contributed by atoms with Gasteiger partial charge in [0.15, 0.2) is 0 Å². The summed E-state index contributed by atoms with van der Waals surface area (Å²) < 4.78 is 39.0. The molecule has 0 saturated heterocycles. The number of hydrogen-bond donors (Lipinski definition) is 2. The van der Waals surface area contributed by atoms with E-state index in [2.05, 4.69) is 10.6 Å². The van der Waals surface area contributed by atoms with Crippen molar-refractivity contribution < 1.29 is 22.8 Å². The minimum atomic E-state index is -4.56. The first kappa shape index (κ1) is 20.3. The summed E-state index contributed by atoms with van der Waals surface area (Å²) in [6, 6.07) is 10.8. The second-order valence-electron chi connectivity index (χ2n) is 6.02. The van der Waals surface area contributed by atoms with Gasteiger partial charge in [-0.1, -0.05) is 12.1 Å². The molecule has 0 radical (unpaired) electrons. The van der Waals surface area contributed by atoms with Crippen LogP contribution in [0.5, 0.6) is 0 Å². The molecule has 0 fully saturated rings. The fourth-order valence-corrected chi connectivity index (χ4v) is 2.36. The first-order valence-corrected chi connectivity index (χ1v) is 8.17. The summed E-state index contributed by atoms with van der Waals surface area (Å²) in [5.74, 6) is -0.719. The molecule has 0 aliphatic carbocycles. The molecule has 2 amide bonds. The highest BCUT2D eigenvalue weighted by Crippen LogP contribution is 2.34. The van der Waals surface area contributed by atoms with Gasteiger partial charge in [-0.2, -0.15) is 13.2 Å². The van der Waals surface area contributed by atoms with Gasteiger partial charge in [0.25, 0.3) is 0 Å². The Morgan fingerprint density at radius 2 is 1.63 bits per heavy atom. The molecule has 2 rings (SSSR count). The highest BCUT2D eigenvalue weighted by Gasteiger charge is 2.33. The molecule has 0 heterocycles. The quantitative estimate of drug-likeness (QED) is 0.821. The predicted octanol–water partition coefficient (Wildman–Crippen LogP) is 4.13. The summed E-state index contributed by atoms with van der Waals surface area (Å²) in [6.45, 7) is 2.98. The Morgan fingerprint density at radius 3 is 2.19 bits per heavy atom. The molecule has 2 aromatic rings. The number of para-hydroxylation sites is 1. The SMILES string of the molecule is CC(=O)N(C)c1ccc(NC(C)C(=O)Nc2ccccc2C(F)(F)F)cc1. The van der Waals surface area contributed by atoms with E-state index in [1.165, 1.54) is 30.0 Å². The van der Waals surface area contributed by atoms with Crippen molar-refractivity contribution in [2.75, 3.05) is 22.6 Å². The van der Waals surface area contributed by atoms with Crippen LogP contribution < -0.4 is 15.5 Å². The molecule has 0 bridgehead atoms. The third kappa shape index (κ3) is 5.22. The maximum atomic E-state index is 13.0. The number of nitrogens with zero attached hydrogens (tertiary/aromatic N) is 1. The summed E-state index contributed by atoms with van der Waals surface area (Å²) in [5.41, 5.74) is 0.0935. The fraction of sp³-hybridized carbons (Fsp3) is 0.263. The maximum Gasteiger partial charge on any atom is 0.418 e. The van der Waals surface area contributed by atoms with Crippen LogP contribution in [-0.4, -0.2) is 24.9 Å². The average Bonchev–Trinajstić information content (AvgIpc) is 2.61. The van der Waals surface area contributed by atoms with Gasteiger partial charge in [0.05, 0.1) is 11.3 Å². The van der Waals surface area contributed by atoms with Crippen molar-refractivity contribution in [1.29, 1.82) is 0 Å². The van der Waals surface area contributed by atoms with Crippen molar-refractivity contribution in [1.82, 2.24) is 0 Å². The normalized spacial score (nSPS) is 12.2. The van der Waals surface area contributed by atoms with Gasteiger partial charge in [0, 0.05) is 25.3 Å². The monoisotopic (exact) mass is 379 g/mol. The number of benzene rings is 2. The van der Waals surface area contributed by atoms with Crippen LogP contribution in [-0.2, 0) is 15.8 Å². The standard InChI is InChI=1S/C19H20F3N3O2/c1-12(23-14-8-10-15(11-9-14)25(3)13(2)26)18(27)24-17-7-5-4-6-16(17)19(20,21)22/h4-12,23H,1-3H3,(H,24,27). The van der Waals surface area contributed by atoms with E-state index in [-0.39, 0.29) is 11.6 Å². The average molecular weight is 379 g/mol. The lowest BCUT2D eigenvalue weighted by Gasteiger charge is -2.19. The molecular formula is C19H20F3N3O2. The number of alkyl halides is 3. The molecule has 0 aromatic heterocycles. The Hall–Kier alpha value is -3.03. The van der Waals surface area contributed by atoms with E-state index >= 15 is 0 Å². The zero-order valence-corrected chi connectivity index (χ0v) is 15.1. The lowest BCUT2D eigenvalue weighted by atomic mass is 10.1. The lowest BCUT2D eigenvalue weighted by molar-refractivity contribution is -0.137. The second-order valence-corrected chi connectivity index (χ2v) is 6.02. The molecule has 2 aromatic carbocycles. The van der Waals surface area contributed by atoms with E-state index in [0.717, 1.165) is 6.07 Å². The topological polar surface area (TPSA) is 61.4 Å². The number of rotatable bonds is 5. The fourth-order valence-electron chi connectivity index (χ4n) is 2.36. The van der Waals surface area contributed by atoms with Gasteiger partial charge in [0.1, 0.15) is 6.04 Å². The predicted molar refractivity (Wildman–Crippen MR) is 98.7 cm³/mol. The summed E-state index contributed by atoms with van der Waals surface area (Å²) in [6.07, 6.45) is -4.56. The number of carbonyl (C=O) groups excluding carboxylic acids is 2. The third-order valence-electron chi connectivity index (χ3n) is 3.99. The van der Waals surface area contributed by atoms with Crippen molar-refractivity contribution in [2.45, 2.75) is 26.1 Å². The molecule has 8 heteroatoms. The van der Waals surface area contributed by atoms with Crippen LogP contribution in [0.3, 0.4) is 0 Å². The Bertz CT molecular complexity index is 820. The second kappa shape index (κ2) is 8.11. The van der Waals surface area contributed by atoms with Crippen LogP contribution >= 0.6 is 0 Å². The number of carbonyl (C=O) groups is 2. The zero-order valence-electron chi connectivity index (χ0n) is 15.1. The molecule has 144 valence electrons. The van der Waals surface area contributed by atoms with Crippen LogP contribution in [0.2, 0.25) is 0 Å². The number of halogens is 3. The summed E-state index contributed by atoms with van der Waals surface area (Å²) >= 11 is 0. The molecule has 2 N–H and O–H groups in total. The van der Waals surface area contributed by atoms with Gasteiger partial charge >= 0.3 is 6.18 Å². The number of hydrogen-bond acceptors (Lipinski definition) is 3. The zero-order chi connectivity index (χ0) is 20.2. The van der Waals surface area contributed by atoms with Gasteiger partial charge in [-0.15, -0.1) is 0 Å². The molecular weight excluding hydrogens is 359 g/mol. The first-order valence-electron chi connectivity index (χ1n) is 8.17. The molecule has 1 unspecified atom stereocenters. The maximum absolute atomic E-state index is 13.0. The Kier molecular flexibility index (Phi) is 6.09. The Labute approximate surface area is 155 Å². The van der Waals surface area contributed by atoms with Crippen molar-refractivity contribution in [3.63, 3.8) is 0 Å². The lowest BCUT2D eigenvalue weighted by Crippen LogP contribution is -2.32. The minimum absolute atomic E-state index is 0.119. The van der Waals surface area contributed by atoms with Gasteiger partial charge in [-0.25, -0.2) is 0 Å². The number of nitrogens with one attached hydrogen (secondary N) is 2. The van der Waals surface area contributed by atoms with Crippen molar-refractivity contribution in [3.05, 3.63) is 54.1 Å². The van der Waals surface area contributed by atoms with E-state index in [1.807, 2.05) is 0 Å². The molecule has 0 aliphatic heterocycles. The molecule has 27 heavy (non-hydrogen) atoms. The van der Waals surface area contributed by atoms with Crippen molar-refractivity contribution >= 4 is 28.9 Å². The van der Waals surface area contributed by atoms with Gasteiger partial charge < -0.3 is 15.5 Å². The summed E-state index contributed by atoms with van der Waals surface area (Å²) in [5, 5.41) is 5.23. The van der Waals surface area contributed by atoms with E-state index in [9.17, 15) is 22.8 Å². The molecule has 1 atom stereocenters. The van der Waals surface area contributed by atoms with E-state index in [0.29, 0.717) is 11.4 Å². The van der Waals surface area contributed by atoms with E-state index in [4.69, 9.17) is 0 Å². The Morgan fingerprint density at radius 1 is 1.04 bits per heavy atom. The molecule has 5 nitrogen and oxygen atoms in total. The highest BCUT2D eigenvalue weighted by molar-refractivity contribution is 5.97. The molecule has 0 spiro atoms.